The van der Waals surface area contributed by atoms with Crippen molar-refractivity contribution in [2.45, 2.75) is 19.9 Å². The lowest BCUT2D eigenvalue weighted by Crippen LogP contribution is -2.47. The van der Waals surface area contributed by atoms with E-state index in [0.717, 1.165) is 17.7 Å². The van der Waals surface area contributed by atoms with Crippen LogP contribution >= 0.6 is 0 Å². The summed E-state index contributed by atoms with van der Waals surface area (Å²) in [6.45, 7) is 2.60. The average molecular weight is 184 g/mol. The van der Waals surface area contributed by atoms with Crippen LogP contribution in [0.15, 0.2) is 10.5 Å². The van der Waals surface area contributed by atoms with Gasteiger partial charge in [-0.2, -0.15) is 0 Å². The smallest absolute Gasteiger partial charge is 0.373 e. The minimum atomic E-state index is -0.436. The number of esters is 1. The lowest BCUT2D eigenvalue weighted by atomic mass is 10.2. The molecule has 1 aromatic heterocycles. The van der Waals surface area contributed by atoms with E-state index in [2.05, 4.69) is 10.5 Å². The van der Waals surface area contributed by atoms with Gasteiger partial charge in [0.2, 0.25) is 5.76 Å². The highest BCUT2D eigenvalue weighted by Gasteiger charge is 2.15. The molecule has 13 heavy (non-hydrogen) atoms. The van der Waals surface area contributed by atoms with Crippen molar-refractivity contribution >= 4 is 5.97 Å². The number of hydrogen-bond acceptors (Lipinski definition) is 3. The first-order chi connectivity index (χ1) is 6.22. The topological polar surface area (TPSA) is 67.1 Å². The highest BCUT2D eigenvalue weighted by Crippen LogP contribution is 2.15. The van der Waals surface area contributed by atoms with E-state index < -0.39 is 5.97 Å². The number of carbonyl (C=O) groups is 1. The van der Waals surface area contributed by atoms with Crippen LogP contribution in [-0.4, -0.2) is 13.1 Å². The van der Waals surface area contributed by atoms with E-state index in [-0.39, 0.29) is 5.76 Å². The quantitative estimate of drug-likeness (QED) is 0.690. The van der Waals surface area contributed by atoms with Crippen molar-refractivity contribution in [1.82, 2.24) is 0 Å². The van der Waals surface area contributed by atoms with Gasteiger partial charge in [0.25, 0.3) is 0 Å². The van der Waals surface area contributed by atoms with Crippen LogP contribution in [0, 0.1) is 0 Å². The van der Waals surface area contributed by atoms with E-state index in [1.54, 1.807) is 6.07 Å². The molecule has 1 rings (SSSR count). The van der Waals surface area contributed by atoms with Crippen LogP contribution in [0.5, 0.6) is 0 Å². The van der Waals surface area contributed by atoms with E-state index in [1.807, 2.05) is 6.92 Å². The van der Waals surface area contributed by atoms with Gasteiger partial charge in [-0.1, -0.05) is 6.92 Å². The molecule has 4 heteroatoms. The third kappa shape index (κ3) is 1.89. The first kappa shape index (κ1) is 9.80. The van der Waals surface area contributed by atoms with Crippen LogP contribution in [0.4, 0.5) is 0 Å². The Hall–Kier alpha value is -1.29. The molecule has 1 aromatic rings. The molecular weight excluding hydrogens is 170 g/mol. The van der Waals surface area contributed by atoms with Gasteiger partial charge in [0.1, 0.15) is 12.3 Å². The molecule has 0 bridgehead atoms. The molecule has 0 spiro atoms. The summed E-state index contributed by atoms with van der Waals surface area (Å²) in [6, 6.07) is 1.69. The van der Waals surface area contributed by atoms with E-state index in [9.17, 15) is 4.79 Å². The number of rotatable bonds is 3. The van der Waals surface area contributed by atoms with Crippen LogP contribution in [0.3, 0.4) is 0 Å². The first-order valence-corrected chi connectivity index (χ1v) is 4.22. The standard InChI is InChI=1S/C9H13NO3/c1-3-7-6(5-10)4-8(13-7)9(11)12-2/h4H,3,5,10H2,1-2H3/p+1. The molecule has 1 heterocycles. The van der Waals surface area contributed by atoms with Gasteiger partial charge in [0, 0.05) is 18.1 Å². The number of ether oxygens (including phenoxy) is 1. The molecule has 0 saturated heterocycles. The zero-order valence-electron chi connectivity index (χ0n) is 7.92. The molecule has 4 nitrogen and oxygen atoms in total. The number of methoxy groups -OCH3 is 1. The Morgan fingerprint density at radius 2 is 2.38 bits per heavy atom. The molecule has 0 atom stereocenters. The summed E-state index contributed by atoms with van der Waals surface area (Å²) in [5.41, 5.74) is 4.73. The van der Waals surface area contributed by atoms with Crippen LogP contribution in [0.1, 0.15) is 28.8 Å². The normalized spacial score (nSPS) is 10.1. The summed E-state index contributed by atoms with van der Waals surface area (Å²) < 4.78 is 9.83. The fourth-order valence-corrected chi connectivity index (χ4v) is 1.18. The number of hydrogen-bond donors (Lipinski definition) is 1. The van der Waals surface area contributed by atoms with Crippen LogP contribution < -0.4 is 5.73 Å². The molecule has 0 aliphatic rings. The van der Waals surface area contributed by atoms with E-state index in [1.165, 1.54) is 7.11 Å². The van der Waals surface area contributed by atoms with Gasteiger partial charge in [-0.25, -0.2) is 4.79 Å². The third-order valence-corrected chi connectivity index (χ3v) is 1.87. The Kier molecular flexibility index (Phi) is 3.08. The zero-order chi connectivity index (χ0) is 9.84. The number of furan rings is 1. The van der Waals surface area contributed by atoms with Crippen molar-refractivity contribution in [3.8, 4) is 0 Å². The number of quaternary nitrogens is 1. The molecule has 0 aliphatic heterocycles. The van der Waals surface area contributed by atoms with Gasteiger partial charge in [0.05, 0.1) is 7.11 Å². The molecule has 0 unspecified atom stereocenters. The predicted octanol–water partition coefficient (Wildman–Crippen LogP) is 0.371. The van der Waals surface area contributed by atoms with E-state index in [4.69, 9.17) is 4.42 Å². The lowest BCUT2D eigenvalue weighted by Gasteiger charge is -1.92. The second-order valence-corrected chi connectivity index (χ2v) is 2.65. The second-order valence-electron chi connectivity index (χ2n) is 2.65. The molecule has 0 aromatic carbocycles. The van der Waals surface area contributed by atoms with Crippen LogP contribution in [0.25, 0.3) is 0 Å². The maximum absolute atomic E-state index is 11.1. The minimum Gasteiger partial charge on any atom is -0.463 e. The van der Waals surface area contributed by atoms with Gasteiger partial charge in [0.15, 0.2) is 0 Å². The Balaban J connectivity index is 2.99. The SMILES string of the molecule is CCc1oc(C(=O)OC)cc1C[NH3+]. The molecule has 0 radical (unpaired) electrons. The van der Waals surface area contributed by atoms with Gasteiger partial charge in [-0.05, 0) is 0 Å². The molecule has 0 aliphatic carbocycles. The van der Waals surface area contributed by atoms with E-state index >= 15 is 0 Å². The second kappa shape index (κ2) is 4.09. The molecule has 0 fully saturated rings. The van der Waals surface area contributed by atoms with Crippen molar-refractivity contribution < 1.29 is 19.7 Å². The summed E-state index contributed by atoms with van der Waals surface area (Å²) in [7, 11) is 1.33. The fraction of sp³-hybridized carbons (Fsp3) is 0.444. The highest BCUT2D eigenvalue weighted by molar-refractivity contribution is 5.86. The maximum atomic E-state index is 11.1. The fourth-order valence-electron chi connectivity index (χ4n) is 1.18. The molecule has 3 N–H and O–H groups in total. The monoisotopic (exact) mass is 184 g/mol. The van der Waals surface area contributed by atoms with Gasteiger partial charge >= 0.3 is 5.97 Å². The average Bonchev–Trinajstić information content (AvgIpc) is 2.59. The highest BCUT2D eigenvalue weighted by atomic mass is 16.5. The zero-order valence-corrected chi connectivity index (χ0v) is 7.92. The minimum absolute atomic E-state index is 0.262. The Bertz CT molecular complexity index is 282. The van der Waals surface area contributed by atoms with Crippen molar-refractivity contribution in [1.29, 1.82) is 0 Å². The lowest BCUT2D eigenvalue weighted by molar-refractivity contribution is -0.386. The molecule has 0 amide bonds. The number of carbonyl (C=O) groups excluding carboxylic acids is 1. The van der Waals surface area contributed by atoms with Gasteiger partial charge in [-0.15, -0.1) is 0 Å². The summed E-state index contributed by atoms with van der Waals surface area (Å²) in [5, 5.41) is 0. The van der Waals surface area contributed by atoms with Crippen LogP contribution in [-0.2, 0) is 17.7 Å². The molecular formula is C9H14NO3+. The summed E-state index contributed by atoms with van der Waals surface area (Å²) in [4.78, 5) is 11.1. The van der Waals surface area contributed by atoms with Crippen molar-refractivity contribution in [2.75, 3.05) is 7.11 Å². The number of aryl methyl sites for hydroxylation is 1. The third-order valence-electron chi connectivity index (χ3n) is 1.87. The molecule has 0 saturated carbocycles. The van der Waals surface area contributed by atoms with Crippen molar-refractivity contribution in [3.05, 3.63) is 23.2 Å². The summed E-state index contributed by atoms with van der Waals surface area (Å²) in [5.74, 6) is 0.641. The van der Waals surface area contributed by atoms with Crippen molar-refractivity contribution in [2.24, 2.45) is 0 Å². The largest absolute Gasteiger partial charge is 0.463 e. The van der Waals surface area contributed by atoms with E-state index in [0.29, 0.717) is 6.54 Å². The Morgan fingerprint density at radius 3 is 2.77 bits per heavy atom. The van der Waals surface area contributed by atoms with Crippen LogP contribution in [0.2, 0.25) is 0 Å². The molecule has 72 valence electrons. The summed E-state index contributed by atoms with van der Waals surface area (Å²) in [6.07, 6.45) is 0.766. The van der Waals surface area contributed by atoms with Gasteiger partial charge < -0.3 is 14.9 Å². The predicted molar refractivity (Wildman–Crippen MR) is 46.0 cm³/mol. The first-order valence-electron chi connectivity index (χ1n) is 4.22. The summed E-state index contributed by atoms with van der Waals surface area (Å²) >= 11 is 0. The Labute approximate surface area is 76.7 Å². The Morgan fingerprint density at radius 1 is 1.69 bits per heavy atom. The van der Waals surface area contributed by atoms with Gasteiger partial charge in [-0.3, -0.25) is 0 Å². The maximum Gasteiger partial charge on any atom is 0.373 e. The van der Waals surface area contributed by atoms with Crippen molar-refractivity contribution in [3.63, 3.8) is 0 Å².